The molecule has 4 N–H and O–H groups in total. The number of thiazole rings is 1. The molecule has 3 aromatic carbocycles. The first-order valence-electron chi connectivity index (χ1n) is 24.6. The van der Waals surface area contributed by atoms with Crippen molar-refractivity contribution in [2.24, 2.45) is 10.4 Å². The number of hydrogen-bond acceptors (Lipinski definition) is 12. The van der Waals surface area contributed by atoms with Gasteiger partial charge >= 0.3 is 0 Å². The number of aliphatic hydroxyl groups excluding tert-OH is 1. The van der Waals surface area contributed by atoms with Crippen molar-refractivity contribution in [2.75, 3.05) is 26.2 Å². The number of carbonyl (C=O) groups excluding carboxylic acids is 4. The molecule has 0 spiro atoms. The van der Waals surface area contributed by atoms with Crippen LogP contribution in [0.1, 0.15) is 112 Å². The molecule has 1 saturated carbocycles. The molecular formula is C54H63ClN8O7S. The van der Waals surface area contributed by atoms with Gasteiger partial charge in [0.05, 0.1) is 70.4 Å². The van der Waals surface area contributed by atoms with Gasteiger partial charge in [0.25, 0.3) is 0 Å². The average molecular weight is 1000 g/mol. The number of aliphatic imine (C=N–C) groups is 1. The first kappa shape index (κ1) is 50.2. The molecular weight excluding hydrogens is 940 g/mol. The zero-order valence-corrected chi connectivity index (χ0v) is 42.7. The summed E-state index contributed by atoms with van der Waals surface area (Å²) in [7, 11) is 0. The van der Waals surface area contributed by atoms with E-state index in [2.05, 4.69) is 31.0 Å². The van der Waals surface area contributed by atoms with Gasteiger partial charge in [0, 0.05) is 48.2 Å². The Morgan fingerprint density at radius 2 is 1.58 bits per heavy atom. The lowest BCUT2D eigenvalue weighted by Crippen LogP contribution is -2.59. The Morgan fingerprint density at radius 3 is 2.25 bits per heavy atom. The molecule has 5 heterocycles. The molecule has 3 fully saturated rings. The maximum atomic E-state index is 14.3. The van der Waals surface area contributed by atoms with Gasteiger partial charge in [-0.05, 0) is 80.7 Å². The van der Waals surface area contributed by atoms with Crippen molar-refractivity contribution in [3.8, 4) is 21.6 Å². The van der Waals surface area contributed by atoms with Crippen LogP contribution in [0.3, 0.4) is 0 Å². The van der Waals surface area contributed by atoms with E-state index in [1.54, 1.807) is 11.3 Å². The van der Waals surface area contributed by atoms with Crippen LogP contribution < -0.4 is 16.0 Å². The van der Waals surface area contributed by atoms with Crippen LogP contribution in [0.4, 0.5) is 0 Å². The van der Waals surface area contributed by atoms with E-state index in [-0.39, 0.29) is 67.9 Å². The van der Waals surface area contributed by atoms with Crippen molar-refractivity contribution < 1.29 is 33.5 Å². The lowest BCUT2D eigenvalue weighted by molar-refractivity contribution is -0.144. The fraction of sp³-hybridized carbons (Fsp3) is 0.463. The van der Waals surface area contributed by atoms with Gasteiger partial charge in [-0.1, -0.05) is 98.2 Å². The summed E-state index contributed by atoms with van der Waals surface area (Å²) < 4.78 is 12.4. The van der Waals surface area contributed by atoms with Gasteiger partial charge in [-0.25, -0.2) is 4.98 Å². The molecule has 9 rings (SSSR count). The second kappa shape index (κ2) is 21.1. The molecule has 3 aliphatic heterocycles. The first-order valence-corrected chi connectivity index (χ1v) is 25.9. The SMILES string of the molecule is Cc1ncsc1-c1ccc([C@H](C)NC(=O)[C@@H]2C[C@@H](O)CN2C(=O)[C@@H](NC(=O)CN2CCC(O[C@H]3C[C@H](NC(=O)C[C@@H]4N=C(c5ccc(Cl)cc5)c5ccccc5-c5c(C)noc54)C3)CC2)C(C)(C)C)cc1. The summed E-state index contributed by atoms with van der Waals surface area (Å²) in [5.74, 6) is -0.584. The molecule has 2 saturated heterocycles. The zero-order chi connectivity index (χ0) is 50.1. The van der Waals surface area contributed by atoms with E-state index in [0.29, 0.717) is 36.7 Å². The quantitative estimate of drug-likeness (QED) is 0.0866. The molecule has 2 aromatic heterocycles. The van der Waals surface area contributed by atoms with Crippen LogP contribution in [0.25, 0.3) is 21.6 Å². The number of benzene rings is 3. The maximum Gasteiger partial charge on any atom is 0.246 e. The molecule has 5 aromatic rings. The number of rotatable bonds is 14. The van der Waals surface area contributed by atoms with E-state index >= 15 is 0 Å². The number of nitrogens with one attached hydrogen (secondary N) is 3. The largest absolute Gasteiger partial charge is 0.391 e. The normalized spacial score (nSPS) is 22.3. The van der Waals surface area contributed by atoms with Gasteiger partial charge in [-0.2, -0.15) is 0 Å². The van der Waals surface area contributed by atoms with Crippen molar-refractivity contribution >= 4 is 52.3 Å². The van der Waals surface area contributed by atoms with E-state index in [9.17, 15) is 24.3 Å². The van der Waals surface area contributed by atoms with Gasteiger partial charge in [0.15, 0.2) is 5.76 Å². The monoisotopic (exact) mass is 1000 g/mol. The molecule has 0 unspecified atom stereocenters. The minimum absolute atomic E-state index is 0.000265. The lowest BCUT2D eigenvalue weighted by atomic mass is 9.85. The minimum Gasteiger partial charge on any atom is -0.391 e. The number of ether oxygens (including phenoxy) is 1. The highest BCUT2D eigenvalue weighted by Gasteiger charge is 2.45. The molecule has 5 atom stereocenters. The molecule has 374 valence electrons. The van der Waals surface area contributed by atoms with Crippen molar-refractivity contribution in [3.63, 3.8) is 0 Å². The highest BCUT2D eigenvalue weighted by molar-refractivity contribution is 7.13. The number of aliphatic hydroxyl groups is 1. The third-order valence-corrected chi connectivity index (χ3v) is 15.5. The van der Waals surface area contributed by atoms with Crippen molar-refractivity contribution in [3.05, 3.63) is 117 Å². The summed E-state index contributed by atoms with van der Waals surface area (Å²) in [4.78, 5) is 69.4. The molecule has 17 heteroatoms. The standard InChI is InChI=1S/C54H63ClN8O7S/c1-30(33-11-13-35(14-12-33)50-32(3)56-29-71-50)57-52(67)44-25-38(64)27-63(44)53(68)51(54(4,5)6)60-46(66)28-62-21-19-39(20-22-62)69-40-23-37(24-40)58-45(65)26-43-49-47(31(2)61-70-49)41-9-7-8-10-42(41)48(59-43)34-15-17-36(55)18-16-34/h7-18,29-30,37-40,43-44,51,64H,19-28H2,1-6H3,(H,57,67)(H,58,65)(H,60,66)/t30-,37-,38+,40-,43-,44-,51+/m0/s1. The van der Waals surface area contributed by atoms with Crippen molar-refractivity contribution in [1.82, 2.24) is 35.9 Å². The average Bonchev–Trinajstić information content (AvgIpc) is 4.04. The zero-order valence-electron chi connectivity index (χ0n) is 41.1. The number of hydrogen-bond donors (Lipinski definition) is 4. The highest BCUT2D eigenvalue weighted by atomic mass is 35.5. The van der Waals surface area contributed by atoms with Crippen LogP contribution in [-0.4, -0.2) is 117 Å². The Labute approximate surface area is 423 Å². The summed E-state index contributed by atoms with van der Waals surface area (Å²) in [5.41, 5.74) is 9.22. The predicted octanol–water partition coefficient (Wildman–Crippen LogP) is 7.52. The Balaban J connectivity index is 0.732. The number of fused-ring (bicyclic) bond motifs is 3. The molecule has 4 aliphatic rings. The second-order valence-electron chi connectivity index (χ2n) is 20.6. The summed E-state index contributed by atoms with van der Waals surface area (Å²) in [6.07, 6.45) is 2.28. The Morgan fingerprint density at radius 1 is 0.887 bits per heavy atom. The van der Waals surface area contributed by atoms with Gasteiger partial charge in [0.1, 0.15) is 18.1 Å². The van der Waals surface area contributed by atoms with E-state index in [4.69, 9.17) is 25.9 Å². The van der Waals surface area contributed by atoms with Crippen LogP contribution >= 0.6 is 22.9 Å². The molecule has 71 heavy (non-hydrogen) atoms. The molecule has 0 bridgehead atoms. The summed E-state index contributed by atoms with van der Waals surface area (Å²) >= 11 is 7.82. The number of β-amino-alcohol motifs (C(OH)–C–C–N with tert-alkyl or cyclic N) is 1. The van der Waals surface area contributed by atoms with Crippen molar-refractivity contribution in [2.45, 2.75) is 129 Å². The van der Waals surface area contributed by atoms with E-state index in [1.807, 2.05) is 120 Å². The highest BCUT2D eigenvalue weighted by Crippen LogP contribution is 2.41. The van der Waals surface area contributed by atoms with Crippen LogP contribution in [0.5, 0.6) is 0 Å². The Kier molecular flexibility index (Phi) is 14.9. The number of carbonyl (C=O) groups is 4. The maximum absolute atomic E-state index is 14.3. The van der Waals surface area contributed by atoms with Crippen molar-refractivity contribution in [1.29, 1.82) is 0 Å². The molecule has 4 amide bonds. The number of amides is 4. The number of likely N-dealkylation sites (tertiary alicyclic amines) is 2. The first-order chi connectivity index (χ1) is 34.0. The Bertz CT molecular complexity index is 2770. The van der Waals surface area contributed by atoms with E-state index in [1.165, 1.54) is 4.90 Å². The van der Waals surface area contributed by atoms with Gasteiger partial charge in [0.2, 0.25) is 23.6 Å². The minimum atomic E-state index is -0.920. The summed E-state index contributed by atoms with van der Waals surface area (Å²) in [6, 6.07) is 20.8. The van der Waals surface area contributed by atoms with Crippen LogP contribution in [-0.2, 0) is 23.9 Å². The third-order valence-electron chi connectivity index (χ3n) is 14.2. The number of aryl methyl sites for hydroxylation is 2. The number of aromatic nitrogens is 2. The summed E-state index contributed by atoms with van der Waals surface area (Å²) in [6.45, 7) is 12.8. The van der Waals surface area contributed by atoms with Crippen LogP contribution in [0.2, 0.25) is 5.02 Å². The van der Waals surface area contributed by atoms with Gasteiger partial charge < -0.3 is 35.2 Å². The summed E-state index contributed by atoms with van der Waals surface area (Å²) in [5, 5.41) is 24.9. The molecule has 15 nitrogen and oxygen atoms in total. The smallest absolute Gasteiger partial charge is 0.246 e. The third kappa shape index (κ3) is 11.3. The van der Waals surface area contributed by atoms with E-state index in [0.717, 1.165) is 68.2 Å². The van der Waals surface area contributed by atoms with E-state index < -0.39 is 35.6 Å². The number of piperidine rings is 1. The van der Waals surface area contributed by atoms with Crippen LogP contribution in [0.15, 0.2) is 87.8 Å². The topological polar surface area (TPSA) is 192 Å². The van der Waals surface area contributed by atoms with Gasteiger partial charge in [-0.3, -0.25) is 29.1 Å². The number of halogens is 1. The molecule has 0 radical (unpaired) electrons. The number of nitrogens with zero attached hydrogens (tertiary/aromatic N) is 5. The fourth-order valence-corrected chi connectivity index (χ4v) is 11.2. The Hall–Kier alpha value is -5.78. The lowest BCUT2D eigenvalue weighted by Gasteiger charge is -2.40. The van der Waals surface area contributed by atoms with Gasteiger partial charge in [-0.15, -0.1) is 11.3 Å². The second-order valence-corrected chi connectivity index (χ2v) is 21.9. The predicted molar refractivity (Wildman–Crippen MR) is 273 cm³/mol. The molecule has 1 aliphatic carbocycles. The fourth-order valence-electron chi connectivity index (χ4n) is 10.3. The van der Waals surface area contributed by atoms with Crippen LogP contribution in [0, 0.1) is 19.3 Å².